The molecular formula is C19H18N2O4S. The number of amides is 2. The Labute approximate surface area is 152 Å². The Morgan fingerprint density at radius 1 is 0.769 bits per heavy atom. The Balaban J connectivity index is 1.59. The summed E-state index contributed by atoms with van der Waals surface area (Å²) in [6.07, 6.45) is 1.09. The zero-order valence-electron chi connectivity index (χ0n) is 14.1. The number of hydrogen-bond donors (Lipinski definition) is 0. The molecule has 2 aromatic carbocycles. The van der Waals surface area contributed by atoms with Crippen molar-refractivity contribution in [3.63, 3.8) is 0 Å². The lowest BCUT2D eigenvalue weighted by molar-refractivity contribution is -0.121. The van der Waals surface area contributed by atoms with Gasteiger partial charge in [0.1, 0.15) is 0 Å². The molecule has 2 aliphatic heterocycles. The van der Waals surface area contributed by atoms with Gasteiger partial charge in [0.25, 0.3) is 0 Å². The van der Waals surface area contributed by atoms with E-state index < -0.39 is 10.0 Å². The summed E-state index contributed by atoms with van der Waals surface area (Å²) < 4.78 is 27.3. The van der Waals surface area contributed by atoms with Crippen LogP contribution in [0.15, 0.2) is 53.4 Å². The fraction of sp³-hybridized carbons (Fsp3) is 0.263. The van der Waals surface area contributed by atoms with Crippen LogP contribution in [0, 0.1) is 0 Å². The average molecular weight is 370 g/mol. The maximum Gasteiger partial charge on any atom is 0.243 e. The van der Waals surface area contributed by atoms with Gasteiger partial charge in [0.15, 0.2) is 0 Å². The smallest absolute Gasteiger partial charge is 0.243 e. The molecule has 7 heteroatoms. The molecule has 4 rings (SSSR count). The molecule has 0 unspecified atom stereocenters. The quantitative estimate of drug-likeness (QED) is 0.776. The Bertz CT molecular complexity index is 967. The van der Waals surface area contributed by atoms with Crippen molar-refractivity contribution in [1.29, 1.82) is 0 Å². The van der Waals surface area contributed by atoms with Gasteiger partial charge in [0.2, 0.25) is 21.8 Å². The highest BCUT2D eigenvalue weighted by Crippen LogP contribution is 2.28. The molecule has 134 valence electrons. The van der Waals surface area contributed by atoms with Crippen molar-refractivity contribution in [3.8, 4) is 0 Å². The van der Waals surface area contributed by atoms with E-state index in [1.807, 2.05) is 24.3 Å². The molecular weight excluding hydrogens is 352 g/mol. The van der Waals surface area contributed by atoms with Crippen molar-refractivity contribution in [3.05, 3.63) is 59.7 Å². The first-order valence-electron chi connectivity index (χ1n) is 8.49. The number of hydrogen-bond acceptors (Lipinski definition) is 4. The van der Waals surface area contributed by atoms with Gasteiger partial charge < -0.3 is 0 Å². The maximum absolute atomic E-state index is 12.9. The summed E-state index contributed by atoms with van der Waals surface area (Å²) >= 11 is 0. The Kier molecular flexibility index (Phi) is 4.13. The summed E-state index contributed by atoms with van der Waals surface area (Å²) in [4.78, 5) is 24.9. The van der Waals surface area contributed by atoms with Crippen molar-refractivity contribution in [2.24, 2.45) is 0 Å². The molecule has 0 N–H and O–H groups in total. The van der Waals surface area contributed by atoms with Crippen molar-refractivity contribution in [2.75, 3.05) is 11.4 Å². The van der Waals surface area contributed by atoms with Gasteiger partial charge in [0, 0.05) is 25.9 Å². The summed E-state index contributed by atoms with van der Waals surface area (Å²) in [5.74, 6) is -0.503. The molecule has 0 aromatic heterocycles. The first-order valence-corrected chi connectivity index (χ1v) is 9.93. The van der Waals surface area contributed by atoms with E-state index in [2.05, 4.69) is 0 Å². The van der Waals surface area contributed by atoms with Gasteiger partial charge in [-0.05, 0) is 41.8 Å². The Hall–Kier alpha value is -2.51. The monoisotopic (exact) mass is 370 g/mol. The van der Waals surface area contributed by atoms with Crippen molar-refractivity contribution < 1.29 is 18.0 Å². The van der Waals surface area contributed by atoms with Gasteiger partial charge in [-0.3, -0.25) is 14.5 Å². The fourth-order valence-corrected chi connectivity index (χ4v) is 4.87. The number of fused-ring (bicyclic) bond motifs is 1. The summed E-state index contributed by atoms with van der Waals surface area (Å²) in [6, 6.07) is 13.8. The number of anilines is 1. The van der Waals surface area contributed by atoms with E-state index in [-0.39, 0.29) is 29.6 Å². The lowest BCUT2D eigenvalue weighted by Gasteiger charge is -2.28. The number of benzene rings is 2. The number of rotatable bonds is 3. The molecule has 6 nitrogen and oxygen atoms in total. The molecule has 0 atom stereocenters. The van der Waals surface area contributed by atoms with E-state index in [1.54, 1.807) is 0 Å². The molecule has 0 bridgehead atoms. The van der Waals surface area contributed by atoms with Crippen LogP contribution >= 0.6 is 0 Å². The lowest BCUT2D eigenvalue weighted by Crippen LogP contribution is -2.36. The summed E-state index contributed by atoms with van der Waals surface area (Å²) in [7, 11) is -3.63. The molecule has 0 saturated carbocycles. The van der Waals surface area contributed by atoms with Crippen LogP contribution in [0.2, 0.25) is 0 Å². The van der Waals surface area contributed by atoms with Crippen molar-refractivity contribution >= 4 is 27.5 Å². The molecule has 0 spiro atoms. The van der Waals surface area contributed by atoms with Gasteiger partial charge in [-0.1, -0.05) is 24.3 Å². The highest BCUT2D eigenvalue weighted by atomic mass is 32.2. The van der Waals surface area contributed by atoms with Crippen LogP contribution in [-0.4, -0.2) is 31.1 Å². The van der Waals surface area contributed by atoms with Gasteiger partial charge >= 0.3 is 0 Å². The predicted molar refractivity (Wildman–Crippen MR) is 95.9 cm³/mol. The second-order valence-corrected chi connectivity index (χ2v) is 8.41. The molecule has 2 aromatic rings. The molecule has 1 saturated heterocycles. The third-order valence-electron chi connectivity index (χ3n) is 4.88. The number of carbonyl (C=O) groups excluding carboxylic acids is 2. The van der Waals surface area contributed by atoms with E-state index in [0.717, 1.165) is 10.5 Å². The van der Waals surface area contributed by atoms with E-state index in [4.69, 9.17) is 0 Å². The van der Waals surface area contributed by atoms with Crippen LogP contribution < -0.4 is 4.90 Å². The van der Waals surface area contributed by atoms with E-state index in [9.17, 15) is 18.0 Å². The Morgan fingerprint density at radius 3 is 2.04 bits per heavy atom. The van der Waals surface area contributed by atoms with E-state index in [0.29, 0.717) is 25.2 Å². The first-order chi connectivity index (χ1) is 12.5. The highest BCUT2D eigenvalue weighted by Gasteiger charge is 2.31. The molecule has 2 amide bonds. The highest BCUT2D eigenvalue weighted by molar-refractivity contribution is 7.89. The molecule has 26 heavy (non-hydrogen) atoms. The van der Waals surface area contributed by atoms with Gasteiger partial charge in [-0.2, -0.15) is 4.31 Å². The minimum atomic E-state index is -3.63. The molecule has 2 heterocycles. The van der Waals surface area contributed by atoms with Gasteiger partial charge in [-0.25, -0.2) is 8.42 Å². The lowest BCUT2D eigenvalue weighted by atomic mass is 10.0. The van der Waals surface area contributed by atoms with Gasteiger partial charge in [-0.15, -0.1) is 0 Å². The van der Waals surface area contributed by atoms with Crippen LogP contribution in [-0.2, 0) is 32.6 Å². The van der Waals surface area contributed by atoms with Crippen molar-refractivity contribution in [1.82, 2.24) is 4.31 Å². The SMILES string of the molecule is O=C1CCC(=O)N1c1ccc(S(=O)(=O)N2CCc3ccccc3C2)cc1. The van der Waals surface area contributed by atoms with Crippen LogP contribution in [0.5, 0.6) is 0 Å². The second-order valence-electron chi connectivity index (χ2n) is 6.47. The van der Waals surface area contributed by atoms with Crippen LogP contribution in [0.25, 0.3) is 0 Å². The standard InChI is InChI=1S/C19H18N2O4S/c22-18-9-10-19(23)21(18)16-5-7-17(8-6-16)26(24,25)20-12-11-14-3-1-2-4-15(14)13-20/h1-8H,9-13H2. The zero-order valence-corrected chi connectivity index (χ0v) is 14.9. The first kappa shape index (κ1) is 16.9. The minimum Gasteiger partial charge on any atom is -0.274 e. The van der Waals surface area contributed by atoms with E-state index in [1.165, 1.54) is 34.1 Å². The average Bonchev–Trinajstić information content (AvgIpc) is 3.00. The zero-order chi connectivity index (χ0) is 18.3. The number of nitrogens with zero attached hydrogens (tertiary/aromatic N) is 2. The van der Waals surface area contributed by atoms with Crippen molar-refractivity contribution in [2.45, 2.75) is 30.7 Å². The van der Waals surface area contributed by atoms with Crippen LogP contribution in [0.4, 0.5) is 5.69 Å². The number of sulfonamides is 1. The predicted octanol–water partition coefficient (Wildman–Crippen LogP) is 2.09. The summed E-state index contributed by atoms with van der Waals surface area (Å²) in [5, 5.41) is 0. The minimum absolute atomic E-state index is 0.166. The number of carbonyl (C=O) groups is 2. The maximum atomic E-state index is 12.9. The molecule has 0 aliphatic carbocycles. The molecule has 2 aliphatic rings. The summed E-state index contributed by atoms with van der Waals surface area (Å²) in [6.45, 7) is 0.785. The van der Waals surface area contributed by atoms with Crippen LogP contribution in [0.1, 0.15) is 24.0 Å². The number of imide groups is 1. The second kappa shape index (κ2) is 6.34. The molecule has 1 fully saturated rings. The Morgan fingerprint density at radius 2 is 1.38 bits per heavy atom. The third kappa shape index (κ3) is 2.83. The van der Waals surface area contributed by atoms with Crippen LogP contribution in [0.3, 0.4) is 0 Å². The summed E-state index contributed by atoms with van der Waals surface area (Å²) in [5.41, 5.74) is 2.62. The topological polar surface area (TPSA) is 74.8 Å². The largest absolute Gasteiger partial charge is 0.274 e. The normalized spacial score (nSPS) is 18.2. The third-order valence-corrected chi connectivity index (χ3v) is 6.74. The van der Waals surface area contributed by atoms with E-state index >= 15 is 0 Å². The molecule has 0 radical (unpaired) electrons. The van der Waals surface area contributed by atoms with Gasteiger partial charge in [0.05, 0.1) is 10.6 Å². The fourth-order valence-electron chi connectivity index (χ4n) is 3.46.